The van der Waals surface area contributed by atoms with Crippen LogP contribution in [0.2, 0.25) is 5.02 Å². The van der Waals surface area contributed by atoms with Gasteiger partial charge in [0.05, 0.1) is 29.2 Å². The van der Waals surface area contributed by atoms with Crippen molar-refractivity contribution < 1.29 is 13.2 Å². The highest BCUT2D eigenvalue weighted by Gasteiger charge is 2.22. The first-order valence-corrected chi connectivity index (χ1v) is 9.49. The molecule has 2 aromatic rings. The molecule has 0 fully saturated rings. The maximum atomic E-state index is 12.5. The molecule has 1 aromatic heterocycles. The molecule has 25 heavy (non-hydrogen) atoms. The molecule has 0 aliphatic rings. The zero-order chi connectivity index (χ0) is 18.6. The van der Waals surface area contributed by atoms with Crippen molar-refractivity contribution >= 4 is 33.2 Å². The van der Waals surface area contributed by atoms with Gasteiger partial charge in [-0.3, -0.25) is 19.5 Å². The van der Waals surface area contributed by atoms with Crippen molar-refractivity contribution in [3.8, 4) is 0 Å². The zero-order valence-electron chi connectivity index (χ0n) is 13.9. The number of carbonyl (C=O) groups excluding carboxylic acids is 1. The van der Waals surface area contributed by atoms with E-state index < -0.39 is 15.9 Å². The van der Waals surface area contributed by atoms with Gasteiger partial charge in [-0.05, 0) is 49.7 Å². The number of aromatic nitrogens is 1. The first kappa shape index (κ1) is 19.2. The maximum Gasteiger partial charge on any atom is 0.266 e. The first-order valence-electron chi connectivity index (χ1n) is 7.50. The number of sulfonamides is 1. The van der Waals surface area contributed by atoms with E-state index in [1.54, 1.807) is 31.2 Å². The molecule has 0 saturated carbocycles. The number of anilines is 1. The predicted octanol–water partition coefficient (Wildman–Crippen LogP) is 2.00. The number of nitrogen functional groups attached to an aromatic ring is 1. The monoisotopic (exact) mass is 382 g/mol. The van der Waals surface area contributed by atoms with Crippen LogP contribution in [0.1, 0.15) is 28.5 Å². The molecule has 2 rings (SSSR count). The number of hydrazine groups is 1. The summed E-state index contributed by atoms with van der Waals surface area (Å²) in [7, 11) is -3.54. The van der Waals surface area contributed by atoms with Crippen LogP contribution in [0.25, 0.3) is 0 Å². The van der Waals surface area contributed by atoms with E-state index in [1.165, 1.54) is 16.6 Å². The number of hydrogen-bond donors (Lipinski definition) is 2. The van der Waals surface area contributed by atoms with Gasteiger partial charge in [-0.15, -0.1) is 0 Å². The largest absolute Gasteiger partial charge is 0.290 e. The number of pyridine rings is 1. The Morgan fingerprint density at radius 3 is 2.56 bits per heavy atom. The van der Waals surface area contributed by atoms with E-state index >= 15 is 0 Å². The third kappa shape index (κ3) is 4.68. The molecule has 1 aromatic carbocycles. The number of amides is 1. The third-order valence-electron chi connectivity index (χ3n) is 3.54. The average molecular weight is 383 g/mol. The Morgan fingerprint density at radius 1 is 1.32 bits per heavy atom. The summed E-state index contributed by atoms with van der Waals surface area (Å²) in [4.78, 5) is 15.6. The van der Waals surface area contributed by atoms with Crippen LogP contribution in [0.5, 0.6) is 0 Å². The van der Waals surface area contributed by atoms with E-state index in [1.807, 2.05) is 12.3 Å². The molecule has 1 heterocycles. The molecular weight excluding hydrogens is 364 g/mol. The SMILES string of the molecule is CCS(=O)(=O)N(Cc1ccc(C(=O)NN)cn1)c1cc(C)cc(Cl)c1. The lowest BCUT2D eigenvalue weighted by molar-refractivity contribution is 0.0953. The molecule has 0 spiro atoms. The molecule has 0 unspecified atom stereocenters. The molecule has 0 aliphatic carbocycles. The van der Waals surface area contributed by atoms with E-state index in [2.05, 4.69) is 4.98 Å². The lowest BCUT2D eigenvalue weighted by Gasteiger charge is -2.24. The molecule has 0 atom stereocenters. The minimum atomic E-state index is -3.54. The fourth-order valence-corrected chi connectivity index (χ4v) is 3.60. The molecule has 0 bridgehead atoms. The number of aryl methyl sites for hydroxylation is 1. The van der Waals surface area contributed by atoms with Crippen LogP contribution in [-0.2, 0) is 16.6 Å². The quantitative estimate of drug-likeness (QED) is 0.451. The smallest absolute Gasteiger partial charge is 0.266 e. The predicted molar refractivity (Wildman–Crippen MR) is 97.7 cm³/mol. The highest BCUT2D eigenvalue weighted by atomic mass is 35.5. The second-order valence-electron chi connectivity index (χ2n) is 5.41. The molecule has 0 saturated heterocycles. The van der Waals surface area contributed by atoms with Gasteiger partial charge >= 0.3 is 0 Å². The van der Waals surface area contributed by atoms with E-state index in [-0.39, 0.29) is 17.9 Å². The summed E-state index contributed by atoms with van der Waals surface area (Å²) in [6.07, 6.45) is 1.34. The number of carbonyl (C=O) groups is 1. The van der Waals surface area contributed by atoms with Crippen molar-refractivity contribution in [2.45, 2.75) is 20.4 Å². The number of benzene rings is 1. The van der Waals surface area contributed by atoms with Gasteiger partial charge in [0.15, 0.2) is 0 Å². The van der Waals surface area contributed by atoms with Crippen LogP contribution < -0.4 is 15.6 Å². The third-order valence-corrected chi connectivity index (χ3v) is 5.50. The second-order valence-corrected chi connectivity index (χ2v) is 8.02. The molecule has 3 N–H and O–H groups in total. The van der Waals surface area contributed by atoms with Gasteiger partial charge in [-0.2, -0.15) is 0 Å². The van der Waals surface area contributed by atoms with Crippen molar-refractivity contribution in [1.29, 1.82) is 0 Å². The van der Waals surface area contributed by atoms with Gasteiger partial charge in [0, 0.05) is 11.2 Å². The Morgan fingerprint density at radius 2 is 2.04 bits per heavy atom. The second kappa shape index (κ2) is 7.81. The van der Waals surface area contributed by atoms with Gasteiger partial charge in [0.25, 0.3) is 5.91 Å². The minimum Gasteiger partial charge on any atom is -0.290 e. The number of nitrogens with two attached hydrogens (primary N) is 1. The highest BCUT2D eigenvalue weighted by molar-refractivity contribution is 7.92. The molecule has 0 radical (unpaired) electrons. The van der Waals surface area contributed by atoms with Crippen LogP contribution in [0.15, 0.2) is 36.5 Å². The number of rotatable bonds is 6. The van der Waals surface area contributed by atoms with Crippen molar-refractivity contribution in [3.63, 3.8) is 0 Å². The highest BCUT2D eigenvalue weighted by Crippen LogP contribution is 2.26. The van der Waals surface area contributed by atoms with E-state index in [9.17, 15) is 13.2 Å². The molecule has 7 nitrogen and oxygen atoms in total. The number of nitrogens with one attached hydrogen (secondary N) is 1. The lowest BCUT2D eigenvalue weighted by Crippen LogP contribution is -2.32. The fourth-order valence-electron chi connectivity index (χ4n) is 2.25. The topological polar surface area (TPSA) is 105 Å². The molecule has 0 aliphatic heterocycles. The molecular formula is C16H19ClN4O3S. The summed E-state index contributed by atoms with van der Waals surface area (Å²) >= 11 is 6.07. The molecule has 9 heteroatoms. The summed E-state index contributed by atoms with van der Waals surface area (Å²) in [5.74, 6) is 4.54. The van der Waals surface area contributed by atoms with Crippen molar-refractivity contribution in [1.82, 2.24) is 10.4 Å². The van der Waals surface area contributed by atoms with E-state index in [0.717, 1.165) is 5.56 Å². The Bertz CT molecular complexity index is 849. The number of nitrogens with zero attached hydrogens (tertiary/aromatic N) is 2. The van der Waals surface area contributed by atoms with Crippen LogP contribution in [0, 0.1) is 6.92 Å². The lowest BCUT2D eigenvalue weighted by atomic mass is 10.2. The minimum absolute atomic E-state index is 0.0283. The Hall–Kier alpha value is -2.16. The summed E-state index contributed by atoms with van der Waals surface area (Å²) in [6, 6.07) is 8.21. The normalized spacial score (nSPS) is 11.2. The zero-order valence-corrected chi connectivity index (χ0v) is 15.4. The van der Waals surface area contributed by atoms with Crippen molar-refractivity contribution in [2.24, 2.45) is 5.84 Å². The Balaban J connectivity index is 2.39. The van der Waals surface area contributed by atoms with Crippen LogP contribution in [0.4, 0.5) is 5.69 Å². The standard InChI is InChI=1S/C16H19ClN4O3S/c1-3-25(23,24)21(15-7-11(2)6-13(17)8-15)10-14-5-4-12(9-19-14)16(22)20-18/h4-9H,3,10,18H2,1-2H3,(H,20,22). The van der Waals surface area contributed by atoms with Crippen molar-refractivity contribution in [2.75, 3.05) is 10.1 Å². The summed E-state index contributed by atoms with van der Waals surface area (Å²) in [5, 5.41) is 0.453. The van der Waals surface area contributed by atoms with Gasteiger partial charge in [0.2, 0.25) is 10.0 Å². The Kier molecular flexibility index (Phi) is 5.99. The fraction of sp³-hybridized carbons (Fsp3) is 0.250. The number of halogens is 1. The first-order chi connectivity index (χ1) is 11.8. The molecule has 134 valence electrons. The van der Waals surface area contributed by atoms with Crippen LogP contribution in [-0.4, -0.2) is 25.1 Å². The maximum absolute atomic E-state index is 12.5. The van der Waals surface area contributed by atoms with Gasteiger partial charge in [0.1, 0.15) is 0 Å². The Labute approximate surface area is 151 Å². The summed E-state index contributed by atoms with van der Waals surface area (Å²) in [6.45, 7) is 3.44. The number of hydrogen-bond acceptors (Lipinski definition) is 5. The van der Waals surface area contributed by atoms with Crippen molar-refractivity contribution in [3.05, 3.63) is 58.4 Å². The van der Waals surface area contributed by atoms with E-state index in [0.29, 0.717) is 16.4 Å². The van der Waals surface area contributed by atoms with Gasteiger partial charge in [-0.25, -0.2) is 14.3 Å². The molecule has 1 amide bonds. The van der Waals surface area contributed by atoms with Gasteiger partial charge < -0.3 is 0 Å². The average Bonchev–Trinajstić information content (AvgIpc) is 2.58. The van der Waals surface area contributed by atoms with Gasteiger partial charge in [-0.1, -0.05) is 11.6 Å². The van der Waals surface area contributed by atoms with E-state index in [4.69, 9.17) is 17.4 Å². The van der Waals surface area contributed by atoms with Crippen LogP contribution >= 0.6 is 11.6 Å². The summed E-state index contributed by atoms with van der Waals surface area (Å²) < 4.78 is 26.3. The summed E-state index contributed by atoms with van der Waals surface area (Å²) in [5.41, 5.74) is 4.11. The van der Waals surface area contributed by atoms with Crippen LogP contribution in [0.3, 0.4) is 0 Å².